The van der Waals surface area contributed by atoms with E-state index in [4.69, 9.17) is 14.0 Å². The van der Waals surface area contributed by atoms with E-state index in [1.165, 1.54) is 18.0 Å². The van der Waals surface area contributed by atoms with Crippen molar-refractivity contribution < 1.29 is 18.8 Å². The zero-order valence-corrected chi connectivity index (χ0v) is 19.3. The zero-order valence-electron chi connectivity index (χ0n) is 19.3. The molecule has 11 nitrogen and oxygen atoms in total. The number of hydrogen-bond acceptors (Lipinski definition) is 8. The monoisotopic (exact) mass is 474 g/mol. The SMILES string of the molecule is COc1ccc2c(c1)c1ncn(Cc3nc(C)no3)c(=O)c1n2CC(=O)Nc1ccccc1OC. The van der Waals surface area contributed by atoms with Crippen LogP contribution in [0, 0.1) is 6.92 Å². The molecule has 0 bridgehead atoms. The van der Waals surface area contributed by atoms with Crippen molar-refractivity contribution in [1.29, 1.82) is 0 Å². The molecular formula is C24H22N6O5. The van der Waals surface area contributed by atoms with Gasteiger partial charge in [-0.3, -0.25) is 14.2 Å². The minimum atomic E-state index is -0.342. The van der Waals surface area contributed by atoms with Crippen LogP contribution in [0.3, 0.4) is 0 Å². The number of carbonyl (C=O) groups is 1. The number of aryl methyl sites for hydroxylation is 1. The Morgan fingerprint density at radius 3 is 2.71 bits per heavy atom. The number of carbonyl (C=O) groups excluding carboxylic acids is 1. The van der Waals surface area contributed by atoms with Crippen LogP contribution in [0.1, 0.15) is 11.7 Å². The van der Waals surface area contributed by atoms with Gasteiger partial charge in [0, 0.05) is 5.39 Å². The molecule has 0 radical (unpaired) electrons. The first-order valence-electron chi connectivity index (χ1n) is 10.8. The predicted octanol–water partition coefficient (Wildman–Crippen LogP) is 2.75. The second-order valence-corrected chi connectivity index (χ2v) is 7.83. The van der Waals surface area contributed by atoms with Gasteiger partial charge in [0.15, 0.2) is 5.82 Å². The average Bonchev–Trinajstić information content (AvgIpc) is 3.41. The first-order valence-corrected chi connectivity index (χ1v) is 10.8. The summed E-state index contributed by atoms with van der Waals surface area (Å²) in [6.07, 6.45) is 1.43. The lowest BCUT2D eigenvalue weighted by Gasteiger charge is -2.12. The molecule has 0 aliphatic heterocycles. The molecule has 0 saturated carbocycles. The molecule has 3 heterocycles. The normalized spacial score (nSPS) is 11.2. The molecule has 0 saturated heterocycles. The average molecular weight is 474 g/mol. The number of ether oxygens (including phenoxy) is 2. The molecule has 1 amide bonds. The first kappa shape index (κ1) is 22.1. The minimum absolute atomic E-state index is 0.0564. The Kier molecular flexibility index (Phi) is 5.65. The summed E-state index contributed by atoms with van der Waals surface area (Å²) in [5.74, 6) is 1.57. The van der Waals surface area contributed by atoms with Gasteiger partial charge in [-0.1, -0.05) is 17.3 Å². The number of fused-ring (bicyclic) bond motifs is 3. The quantitative estimate of drug-likeness (QED) is 0.382. The molecule has 0 aliphatic carbocycles. The number of amides is 1. The maximum absolute atomic E-state index is 13.6. The highest BCUT2D eigenvalue weighted by Gasteiger charge is 2.20. The number of aromatic nitrogens is 5. The topological polar surface area (TPSA) is 126 Å². The Labute approximate surface area is 198 Å². The smallest absolute Gasteiger partial charge is 0.278 e. The van der Waals surface area contributed by atoms with Crippen LogP contribution in [-0.2, 0) is 17.9 Å². The van der Waals surface area contributed by atoms with Crippen molar-refractivity contribution in [3.63, 3.8) is 0 Å². The van der Waals surface area contributed by atoms with Crippen LogP contribution < -0.4 is 20.3 Å². The molecule has 5 rings (SSSR count). The van der Waals surface area contributed by atoms with Gasteiger partial charge in [0.2, 0.25) is 11.8 Å². The molecule has 0 unspecified atom stereocenters. The molecule has 0 spiro atoms. The number of nitrogens with zero attached hydrogens (tertiary/aromatic N) is 5. The second-order valence-electron chi connectivity index (χ2n) is 7.83. The van der Waals surface area contributed by atoms with E-state index in [9.17, 15) is 9.59 Å². The van der Waals surface area contributed by atoms with Crippen molar-refractivity contribution >= 4 is 33.5 Å². The second kappa shape index (κ2) is 8.93. The van der Waals surface area contributed by atoms with Gasteiger partial charge < -0.3 is 23.9 Å². The standard InChI is InChI=1S/C24H22N6O5/c1-14-26-21(35-28-14)12-29-13-25-22-16-10-15(33-2)8-9-18(16)30(23(22)24(29)32)11-20(31)27-17-6-4-5-7-19(17)34-3/h4-10,13H,11-12H2,1-3H3,(H,27,31). The van der Waals surface area contributed by atoms with Crippen LogP contribution in [0.4, 0.5) is 5.69 Å². The summed E-state index contributed by atoms with van der Waals surface area (Å²) in [5, 5.41) is 7.32. The van der Waals surface area contributed by atoms with E-state index in [2.05, 4.69) is 20.4 Å². The molecule has 2 aromatic carbocycles. The molecule has 0 fully saturated rings. The number of nitrogens with one attached hydrogen (secondary N) is 1. The highest BCUT2D eigenvalue weighted by molar-refractivity contribution is 6.07. The van der Waals surface area contributed by atoms with Crippen molar-refractivity contribution in [3.8, 4) is 11.5 Å². The Morgan fingerprint density at radius 2 is 1.97 bits per heavy atom. The van der Waals surface area contributed by atoms with E-state index in [1.807, 2.05) is 6.07 Å². The fraction of sp³-hybridized carbons (Fsp3) is 0.208. The number of benzene rings is 2. The summed E-state index contributed by atoms with van der Waals surface area (Å²) in [7, 11) is 3.10. The van der Waals surface area contributed by atoms with Crippen molar-refractivity contribution in [2.75, 3.05) is 19.5 Å². The molecule has 3 aromatic heterocycles. The molecule has 1 N–H and O–H groups in total. The third-order valence-corrected chi connectivity index (χ3v) is 5.59. The number of anilines is 1. The van der Waals surface area contributed by atoms with Gasteiger partial charge in [-0.15, -0.1) is 0 Å². The Balaban J connectivity index is 1.61. The zero-order chi connectivity index (χ0) is 24.5. The largest absolute Gasteiger partial charge is 0.497 e. The van der Waals surface area contributed by atoms with Crippen molar-refractivity contribution in [3.05, 3.63) is 70.9 Å². The molecular weight excluding hydrogens is 452 g/mol. The summed E-state index contributed by atoms with van der Waals surface area (Å²) in [6.45, 7) is 1.63. The molecule has 178 valence electrons. The van der Waals surface area contributed by atoms with Crippen LogP contribution in [0.15, 0.2) is 58.1 Å². The van der Waals surface area contributed by atoms with Gasteiger partial charge in [0.05, 0.1) is 31.8 Å². The molecule has 0 aliphatic rings. The maximum atomic E-state index is 13.6. The van der Waals surface area contributed by atoms with Gasteiger partial charge >= 0.3 is 0 Å². The number of methoxy groups -OCH3 is 2. The Morgan fingerprint density at radius 1 is 1.14 bits per heavy atom. The van der Waals surface area contributed by atoms with Gasteiger partial charge in [0.25, 0.3) is 5.56 Å². The van der Waals surface area contributed by atoms with E-state index in [0.717, 1.165) is 0 Å². The predicted molar refractivity (Wildman–Crippen MR) is 128 cm³/mol. The van der Waals surface area contributed by atoms with E-state index < -0.39 is 0 Å². The van der Waals surface area contributed by atoms with Crippen LogP contribution in [-0.4, -0.2) is 44.4 Å². The summed E-state index contributed by atoms with van der Waals surface area (Å²) in [5.41, 5.74) is 1.61. The maximum Gasteiger partial charge on any atom is 0.278 e. The number of rotatable bonds is 7. The first-order chi connectivity index (χ1) is 17.0. The summed E-state index contributed by atoms with van der Waals surface area (Å²) >= 11 is 0. The lowest BCUT2D eigenvalue weighted by molar-refractivity contribution is -0.116. The Bertz CT molecular complexity index is 1620. The summed E-state index contributed by atoms with van der Waals surface area (Å²) in [4.78, 5) is 35.3. The fourth-order valence-electron chi connectivity index (χ4n) is 4.01. The van der Waals surface area contributed by atoms with Gasteiger partial charge in [0.1, 0.15) is 35.6 Å². The highest BCUT2D eigenvalue weighted by Crippen LogP contribution is 2.29. The van der Waals surface area contributed by atoms with Crippen molar-refractivity contribution in [2.45, 2.75) is 20.0 Å². The van der Waals surface area contributed by atoms with E-state index in [1.54, 1.807) is 55.0 Å². The third-order valence-electron chi connectivity index (χ3n) is 5.59. The fourth-order valence-corrected chi connectivity index (χ4v) is 4.01. The number of hydrogen-bond donors (Lipinski definition) is 1. The van der Waals surface area contributed by atoms with Gasteiger partial charge in [-0.2, -0.15) is 4.98 Å². The van der Waals surface area contributed by atoms with Crippen molar-refractivity contribution in [2.24, 2.45) is 0 Å². The highest BCUT2D eigenvalue weighted by atomic mass is 16.5. The van der Waals surface area contributed by atoms with Gasteiger partial charge in [-0.05, 0) is 37.3 Å². The molecule has 0 atom stereocenters. The van der Waals surface area contributed by atoms with Crippen LogP contribution in [0.5, 0.6) is 11.5 Å². The molecule has 11 heteroatoms. The van der Waals surface area contributed by atoms with E-state index in [-0.39, 0.29) is 36.0 Å². The van der Waals surface area contributed by atoms with E-state index in [0.29, 0.717) is 39.4 Å². The summed E-state index contributed by atoms with van der Waals surface area (Å²) < 4.78 is 18.9. The van der Waals surface area contributed by atoms with Crippen molar-refractivity contribution in [1.82, 2.24) is 24.3 Å². The Hall–Kier alpha value is -4.67. The number of para-hydroxylation sites is 2. The molecule has 5 aromatic rings. The summed E-state index contributed by atoms with van der Waals surface area (Å²) in [6, 6.07) is 12.5. The lowest BCUT2D eigenvalue weighted by Crippen LogP contribution is -2.25. The third kappa shape index (κ3) is 4.07. The lowest BCUT2D eigenvalue weighted by atomic mass is 10.2. The van der Waals surface area contributed by atoms with Crippen LogP contribution >= 0.6 is 0 Å². The molecule has 35 heavy (non-hydrogen) atoms. The minimum Gasteiger partial charge on any atom is -0.497 e. The van der Waals surface area contributed by atoms with E-state index >= 15 is 0 Å². The van der Waals surface area contributed by atoms with Gasteiger partial charge in [-0.25, -0.2) is 4.98 Å². The van der Waals surface area contributed by atoms with Crippen LogP contribution in [0.2, 0.25) is 0 Å². The van der Waals surface area contributed by atoms with Crippen LogP contribution in [0.25, 0.3) is 21.9 Å².